The largest absolute Gasteiger partial charge is 0.496 e. The zero-order valence-corrected chi connectivity index (χ0v) is 17.2. The standard InChI is InChI=1S/C23H21N3O3S/c1-29-20-10-6-5-9-19(20)22(28)26-23(30)25-18-13-11-17(12-14-18)21(27)24-15-16-7-3-2-4-8-16/h2-14H,15H2,1H3,(H,24,27)(H2,25,26,28,30). The molecule has 0 aliphatic rings. The Labute approximate surface area is 180 Å². The fourth-order valence-electron chi connectivity index (χ4n) is 2.75. The molecule has 0 saturated carbocycles. The second-order valence-electron chi connectivity index (χ2n) is 6.35. The average Bonchev–Trinajstić information content (AvgIpc) is 2.78. The summed E-state index contributed by atoms with van der Waals surface area (Å²) in [5.41, 5.74) is 2.59. The van der Waals surface area contributed by atoms with Gasteiger partial charge in [0.25, 0.3) is 11.8 Å². The van der Waals surface area contributed by atoms with E-state index in [1.807, 2.05) is 30.3 Å². The molecule has 6 nitrogen and oxygen atoms in total. The lowest BCUT2D eigenvalue weighted by Gasteiger charge is -2.12. The topological polar surface area (TPSA) is 79.5 Å². The van der Waals surface area contributed by atoms with Crippen LogP contribution in [0.2, 0.25) is 0 Å². The van der Waals surface area contributed by atoms with Crippen LogP contribution in [0.3, 0.4) is 0 Å². The van der Waals surface area contributed by atoms with Gasteiger partial charge in [-0.2, -0.15) is 0 Å². The van der Waals surface area contributed by atoms with E-state index in [1.54, 1.807) is 48.5 Å². The number of methoxy groups -OCH3 is 1. The summed E-state index contributed by atoms with van der Waals surface area (Å²) in [4.78, 5) is 24.7. The molecule has 0 spiro atoms. The molecule has 0 bridgehead atoms. The molecule has 0 heterocycles. The van der Waals surface area contributed by atoms with Gasteiger partial charge in [0.1, 0.15) is 5.75 Å². The van der Waals surface area contributed by atoms with E-state index in [2.05, 4.69) is 16.0 Å². The molecule has 0 fully saturated rings. The Morgan fingerprint density at radius 2 is 1.53 bits per heavy atom. The van der Waals surface area contributed by atoms with Crippen molar-refractivity contribution in [3.05, 3.63) is 95.6 Å². The monoisotopic (exact) mass is 419 g/mol. The van der Waals surface area contributed by atoms with Gasteiger partial charge in [-0.1, -0.05) is 42.5 Å². The van der Waals surface area contributed by atoms with Gasteiger partial charge in [-0.25, -0.2) is 0 Å². The number of hydrogen-bond acceptors (Lipinski definition) is 4. The van der Waals surface area contributed by atoms with Gasteiger partial charge < -0.3 is 15.4 Å². The van der Waals surface area contributed by atoms with E-state index < -0.39 is 0 Å². The second kappa shape index (κ2) is 10.2. The normalized spacial score (nSPS) is 10.0. The summed E-state index contributed by atoms with van der Waals surface area (Å²) in [6.45, 7) is 0.457. The highest BCUT2D eigenvalue weighted by Gasteiger charge is 2.13. The average molecular weight is 420 g/mol. The van der Waals surface area contributed by atoms with Crippen molar-refractivity contribution in [2.75, 3.05) is 12.4 Å². The molecule has 0 aliphatic heterocycles. The summed E-state index contributed by atoms with van der Waals surface area (Å²) < 4.78 is 5.19. The second-order valence-corrected chi connectivity index (χ2v) is 6.76. The Hall–Kier alpha value is -3.71. The lowest BCUT2D eigenvalue weighted by Crippen LogP contribution is -2.34. The van der Waals surface area contributed by atoms with Crippen LogP contribution in [0.4, 0.5) is 5.69 Å². The summed E-state index contributed by atoms with van der Waals surface area (Å²) in [5.74, 6) is -0.0806. The molecule has 152 valence electrons. The number of rotatable bonds is 6. The summed E-state index contributed by atoms with van der Waals surface area (Å²) in [7, 11) is 1.50. The maximum Gasteiger partial charge on any atom is 0.261 e. The van der Waals surface area contributed by atoms with E-state index in [9.17, 15) is 9.59 Å². The SMILES string of the molecule is COc1ccccc1C(=O)NC(=S)Nc1ccc(C(=O)NCc2ccccc2)cc1. The van der Waals surface area contributed by atoms with Gasteiger partial charge in [-0.05, 0) is 54.2 Å². The van der Waals surface area contributed by atoms with Crippen molar-refractivity contribution in [2.45, 2.75) is 6.54 Å². The van der Waals surface area contributed by atoms with Crippen molar-refractivity contribution in [3.63, 3.8) is 0 Å². The molecule has 0 unspecified atom stereocenters. The molecule has 3 rings (SSSR count). The molecular weight excluding hydrogens is 398 g/mol. The number of thiocarbonyl (C=S) groups is 1. The van der Waals surface area contributed by atoms with E-state index in [-0.39, 0.29) is 16.9 Å². The third kappa shape index (κ3) is 5.65. The van der Waals surface area contributed by atoms with E-state index in [0.29, 0.717) is 29.1 Å². The summed E-state index contributed by atoms with van der Waals surface area (Å²) in [6.07, 6.45) is 0. The fourth-order valence-corrected chi connectivity index (χ4v) is 2.96. The molecule has 3 aromatic carbocycles. The van der Waals surface area contributed by atoms with Crippen LogP contribution in [0.25, 0.3) is 0 Å². The lowest BCUT2D eigenvalue weighted by atomic mass is 10.1. The quantitative estimate of drug-likeness (QED) is 0.531. The van der Waals surface area contributed by atoms with Crippen LogP contribution in [0.5, 0.6) is 5.75 Å². The first-order valence-electron chi connectivity index (χ1n) is 9.24. The van der Waals surface area contributed by atoms with Gasteiger partial charge in [0.05, 0.1) is 12.7 Å². The molecular formula is C23H21N3O3S. The highest BCUT2D eigenvalue weighted by atomic mass is 32.1. The summed E-state index contributed by atoms with van der Waals surface area (Å²) >= 11 is 5.21. The van der Waals surface area contributed by atoms with Crippen LogP contribution >= 0.6 is 12.2 Å². The first-order valence-corrected chi connectivity index (χ1v) is 9.65. The summed E-state index contributed by atoms with van der Waals surface area (Å²) in [5, 5.41) is 8.57. The molecule has 3 aromatic rings. The Morgan fingerprint density at radius 1 is 0.867 bits per heavy atom. The molecule has 2 amide bonds. The number of para-hydroxylation sites is 1. The number of carbonyl (C=O) groups is 2. The van der Waals surface area contributed by atoms with Crippen LogP contribution in [-0.4, -0.2) is 24.0 Å². The Morgan fingerprint density at radius 3 is 2.23 bits per heavy atom. The number of nitrogens with one attached hydrogen (secondary N) is 3. The lowest BCUT2D eigenvalue weighted by molar-refractivity contribution is 0.0948. The van der Waals surface area contributed by atoms with E-state index in [4.69, 9.17) is 17.0 Å². The smallest absolute Gasteiger partial charge is 0.261 e. The highest BCUT2D eigenvalue weighted by molar-refractivity contribution is 7.80. The molecule has 30 heavy (non-hydrogen) atoms. The van der Waals surface area contributed by atoms with Gasteiger partial charge >= 0.3 is 0 Å². The number of ether oxygens (including phenoxy) is 1. The minimum atomic E-state index is -0.373. The van der Waals surface area contributed by atoms with Gasteiger partial charge in [-0.15, -0.1) is 0 Å². The molecule has 0 saturated heterocycles. The number of anilines is 1. The number of carbonyl (C=O) groups excluding carboxylic acids is 2. The number of benzene rings is 3. The van der Waals surface area contributed by atoms with E-state index in [0.717, 1.165) is 5.56 Å². The van der Waals surface area contributed by atoms with Crippen molar-refractivity contribution in [1.29, 1.82) is 0 Å². The maximum atomic E-state index is 12.4. The molecule has 7 heteroatoms. The van der Waals surface area contributed by atoms with Gasteiger partial charge in [0.2, 0.25) is 0 Å². The van der Waals surface area contributed by atoms with E-state index >= 15 is 0 Å². The Kier molecular flexibility index (Phi) is 7.13. The zero-order valence-electron chi connectivity index (χ0n) is 16.3. The van der Waals surface area contributed by atoms with Crippen molar-refractivity contribution < 1.29 is 14.3 Å². The van der Waals surface area contributed by atoms with E-state index in [1.165, 1.54) is 7.11 Å². The first kappa shape index (κ1) is 21.0. The predicted molar refractivity (Wildman–Crippen MR) is 121 cm³/mol. The van der Waals surface area contributed by atoms with Crippen LogP contribution in [0.1, 0.15) is 26.3 Å². The Balaban J connectivity index is 1.54. The minimum absolute atomic E-state index is 0.146. The number of hydrogen-bond donors (Lipinski definition) is 3. The molecule has 0 atom stereocenters. The third-order valence-electron chi connectivity index (χ3n) is 4.28. The maximum absolute atomic E-state index is 12.4. The van der Waals surface area contributed by atoms with Crippen LogP contribution in [-0.2, 0) is 6.54 Å². The third-order valence-corrected chi connectivity index (χ3v) is 4.48. The molecule has 3 N–H and O–H groups in total. The van der Waals surface area contributed by atoms with Crippen molar-refractivity contribution in [1.82, 2.24) is 10.6 Å². The highest BCUT2D eigenvalue weighted by Crippen LogP contribution is 2.17. The van der Waals surface area contributed by atoms with Crippen LogP contribution < -0.4 is 20.7 Å². The Bertz CT molecular complexity index is 1040. The predicted octanol–water partition coefficient (Wildman–Crippen LogP) is 3.75. The van der Waals surface area contributed by atoms with Crippen molar-refractivity contribution in [3.8, 4) is 5.75 Å². The molecule has 0 radical (unpaired) electrons. The molecule has 0 aliphatic carbocycles. The van der Waals surface area contributed by atoms with Crippen molar-refractivity contribution in [2.24, 2.45) is 0 Å². The van der Waals surface area contributed by atoms with Gasteiger partial charge in [0.15, 0.2) is 5.11 Å². The van der Waals surface area contributed by atoms with Gasteiger partial charge in [0, 0.05) is 17.8 Å². The summed E-state index contributed by atoms with van der Waals surface area (Å²) in [6, 6.07) is 23.4. The van der Waals surface area contributed by atoms with Crippen molar-refractivity contribution >= 4 is 34.8 Å². The molecule has 0 aromatic heterocycles. The number of amides is 2. The van der Waals surface area contributed by atoms with Crippen LogP contribution in [0.15, 0.2) is 78.9 Å². The first-order chi connectivity index (χ1) is 14.6. The zero-order chi connectivity index (χ0) is 21.3. The van der Waals surface area contributed by atoms with Crippen LogP contribution in [0, 0.1) is 0 Å². The fraction of sp³-hybridized carbons (Fsp3) is 0.0870. The van der Waals surface area contributed by atoms with Gasteiger partial charge in [-0.3, -0.25) is 14.9 Å². The minimum Gasteiger partial charge on any atom is -0.496 e.